The predicted octanol–water partition coefficient (Wildman–Crippen LogP) is 4.94. The molecular formula is C18H20F3N3O3S. The summed E-state index contributed by atoms with van der Waals surface area (Å²) in [5, 5.41) is 10.3. The van der Waals surface area contributed by atoms with Gasteiger partial charge in [0.2, 0.25) is 0 Å². The monoisotopic (exact) mass is 415 g/mol. The molecule has 2 rings (SSSR count). The van der Waals surface area contributed by atoms with Gasteiger partial charge in [-0.1, -0.05) is 6.08 Å². The van der Waals surface area contributed by atoms with Crippen LogP contribution < -0.4 is 14.9 Å². The van der Waals surface area contributed by atoms with Gasteiger partial charge in [-0.25, -0.2) is 23.3 Å². The number of alkyl halides is 2. The van der Waals surface area contributed by atoms with Crippen LogP contribution in [0.1, 0.15) is 12.5 Å². The lowest BCUT2D eigenvalue weighted by molar-refractivity contribution is 0.231. The summed E-state index contributed by atoms with van der Waals surface area (Å²) in [4.78, 5) is 0.0755. The molecule has 0 fully saturated rings. The summed E-state index contributed by atoms with van der Waals surface area (Å²) in [5.41, 5.74) is 1.03. The molecule has 6 nitrogen and oxygen atoms in total. The molecule has 0 heterocycles. The van der Waals surface area contributed by atoms with E-state index in [4.69, 9.17) is 9.88 Å². The Hall–Kier alpha value is -2.53. The molecule has 0 radical (unpaired) electrons. The molecule has 4 N–H and O–H groups in total. The molecule has 0 aliphatic heterocycles. The minimum absolute atomic E-state index is 0.0411. The number of allylic oxidation sites excluding steroid dienone is 1. The van der Waals surface area contributed by atoms with Gasteiger partial charge in [0.25, 0.3) is 6.43 Å². The number of nitrogens with zero attached hydrogens (tertiary/aromatic N) is 2. The van der Waals surface area contributed by atoms with Crippen molar-refractivity contribution >= 4 is 28.4 Å². The topological polar surface area (TPSA) is 91.3 Å². The molecule has 2 aromatic rings. The van der Waals surface area contributed by atoms with Crippen molar-refractivity contribution in [2.45, 2.75) is 18.2 Å². The van der Waals surface area contributed by atoms with Crippen molar-refractivity contribution in [3.05, 3.63) is 59.9 Å². The maximum Gasteiger partial charge on any atom is 0.275 e. The van der Waals surface area contributed by atoms with Crippen LogP contribution in [0.4, 0.5) is 18.9 Å². The molecule has 0 bridgehead atoms. The van der Waals surface area contributed by atoms with Crippen molar-refractivity contribution in [3.63, 3.8) is 0 Å². The van der Waals surface area contributed by atoms with Crippen LogP contribution in [0.15, 0.2) is 58.5 Å². The number of rotatable bonds is 7. The maximum absolute atomic E-state index is 14.1. The van der Waals surface area contributed by atoms with Gasteiger partial charge in [-0.3, -0.25) is 9.11 Å². The van der Waals surface area contributed by atoms with E-state index in [0.29, 0.717) is 23.2 Å². The van der Waals surface area contributed by atoms with Crippen molar-refractivity contribution < 1.29 is 27.0 Å². The highest BCUT2D eigenvalue weighted by atomic mass is 32.3. The third-order valence-corrected chi connectivity index (χ3v) is 4.64. The first-order valence-corrected chi connectivity index (χ1v) is 9.57. The van der Waals surface area contributed by atoms with Gasteiger partial charge in [0.1, 0.15) is 0 Å². The van der Waals surface area contributed by atoms with Crippen molar-refractivity contribution in [3.8, 4) is 5.75 Å². The fourth-order valence-corrected chi connectivity index (χ4v) is 2.95. The molecule has 0 unspecified atom stereocenters. The van der Waals surface area contributed by atoms with Gasteiger partial charge in [-0.2, -0.15) is 5.10 Å². The molecule has 0 aliphatic rings. The lowest BCUT2D eigenvalue weighted by Crippen LogP contribution is -2.17. The van der Waals surface area contributed by atoms with Gasteiger partial charge in [0, 0.05) is 5.56 Å². The first-order chi connectivity index (χ1) is 13.2. The molecule has 152 valence electrons. The fraction of sp³-hybridized carbons (Fsp3) is 0.167. The maximum atomic E-state index is 14.1. The molecule has 2 aromatic carbocycles. The van der Waals surface area contributed by atoms with Gasteiger partial charge in [-0.15, -0.1) is 10.8 Å². The Bertz CT molecular complexity index is 869. The summed E-state index contributed by atoms with van der Waals surface area (Å²) in [6.07, 6.45) is -0.786. The van der Waals surface area contributed by atoms with E-state index in [1.165, 1.54) is 48.5 Å². The predicted molar refractivity (Wildman–Crippen MR) is 105 cm³/mol. The molecule has 0 aromatic heterocycles. The summed E-state index contributed by atoms with van der Waals surface area (Å²) in [7, 11) is -2.09. The molecule has 0 atom stereocenters. The highest BCUT2D eigenvalue weighted by Crippen LogP contribution is 2.41. The van der Waals surface area contributed by atoms with E-state index in [9.17, 15) is 22.3 Å². The van der Waals surface area contributed by atoms with Crippen molar-refractivity contribution in [1.29, 1.82) is 0 Å². The molecule has 28 heavy (non-hydrogen) atoms. The van der Waals surface area contributed by atoms with Crippen LogP contribution in [0.2, 0.25) is 0 Å². The number of methoxy groups -OCH3 is 1. The van der Waals surface area contributed by atoms with E-state index >= 15 is 0 Å². The largest absolute Gasteiger partial charge is 0.494 e. The second-order valence-corrected chi connectivity index (χ2v) is 7.18. The second kappa shape index (κ2) is 9.11. The lowest BCUT2D eigenvalue weighted by Gasteiger charge is -2.27. The number of ether oxygens (including phenoxy) is 1. The van der Waals surface area contributed by atoms with E-state index in [2.05, 4.69) is 5.10 Å². The zero-order valence-electron chi connectivity index (χ0n) is 15.1. The Morgan fingerprint density at radius 3 is 2.32 bits per heavy atom. The highest BCUT2D eigenvalue weighted by Gasteiger charge is 2.17. The highest BCUT2D eigenvalue weighted by molar-refractivity contribution is 8.22. The molecule has 10 heteroatoms. The van der Waals surface area contributed by atoms with Crippen LogP contribution in [0.5, 0.6) is 5.75 Å². The van der Waals surface area contributed by atoms with Crippen LogP contribution in [0.3, 0.4) is 0 Å². The smallest absolute Gasteiger partial charge is 0.275 e. The van der Waals surface area contributed by atoms with E-state index in [0.717, 1.165) is 0 Å². The summed E-state index contributed by atoms with van der Waals surface area (Å²) in [5.74, 6) is -0.580. The minimum atomic E-state index is -3.42. The van der Waals surface area contributed by atoms with Crippen LogP contribution in [-0.4, -0.2) is 28.9 Å². The zero-order valence-corrected chi connectivity index (χ0v) is 15.9. The zero-order chi connectivity index (χ0) is 20.9. The van der Waals surface area contributed by atoms with Crippen molar-refractivity contribution in [2.24, 2.45) is 10.2 Å². The first-order valence-electron chi connectivity index (χ1n) is 7.96. The van der Waals surface area contributed by atoms with E-state index in [1.54, 1.807) is 19.1 Å². The Labute approximate surface area is 162 Å². The number of hydrogen-bond donors (Lipinski definition) is 3. The van der Waals surface area contributed by atoms with Crippen LogP contribution in [0, 0.1) is 5.82 Å². The Morgan fingerprint density at radius 1 is 1.21 bits per heavy atom. The van der Waals surface area contributed by atoms with E-state index < -0.39 is 23.0 Å². The number of anilines is 1. The number of nitrogens with two attached hydrogens (primary N) is 1. The van der Waals surface area contributed by atoms with Gasteiger partial charge in [0.05, 0.1) is 29.6 Å². The van der Waals surface area contributed by atoms with Gasteiger partial charge < -0.3 is 4.74 Å². The fourth-order valence-electron chi connectivity index (χ4n) is 2.41. The minimum Gasteiger partial charge on any atom is -0.494 e. The number of hydrogen-bond acceptors (Lipinski definition) is 6. The van der Waals surface area contributed by atoms with Crippen LogP contribution >= 0.6 is 10.8 Å². The standard InChI is InChI=1S/C18H20F3N3O3S/c1-3-16(12-4-9-17(27-2)15(19)10-12)24(23-11-18(20)21)13-5-7-14(8-6-13)28(22,25)26/h3-11,18,25-26H,22H2,1-2H3/b16-3-,23-11+. The summed E-state index contributed by atoms with van der Waals surface area (Å²) in [6, 6.07) is 9.73. The lowest BCUT2D eigenvalue weighted by atomic mass is 10.1. The van der Waals surface area contributed by atoms with Crippen LogP contribution in [0.25, 0.3) is 5.70 Å². The number of halogens is 3. The Kier molecular flexibility index (Phi) is 7.08. The number of benzene rings is 2. The summed E-state index contributed by atoms with van der Waals surface area (Å²) >= 11 is 0. The van der Waals surface area contributed by atoms with Crippen molar-refractivity contribution in [1.82, 2.24) is 0 Å². The SMILES string of the molecule is C/C=C(/c1ccc(OC)c(F)c1)N(/N=C/C(F)F)c1ccc(S(N)(O)O)cc1. The molecule has 0 aliphatic carbocycles. The average molecular weight is 415 g/mol. The molecule has 0 spiro atoms. The average Bonchev–Trinajstić information content (AvgIpc) is 2.64. The van der Waals surface area contributed by atoms with Gasteiger partial charge in [0.15, 0.2) is 11.6 Å². The third-order valence-electron chi connectivity index (χ3n) is 3.67. The normalized spacial score (nSPS) is 13.2. The van der Waals surface area contributed by atoms with Crippen molar-refractivity contribution in [2.75, 3.05) is 12.1 Å². The van der Waals surface area contributed by atoms with E-state index in [-0.39, 0.29) is 10.6 Å². The molecule has 0 saturated heterocycles. The second-order valence-electron chi connectivity index (χ2n) is 5.52. The van der Waals surface area contributed by atoms with Gasteiger partial charge in [-0.05, 0) is 49.4 Å². The number of hydrazone groups is 1. The third kappa shape index (κ3) is 5.26. The van der Waals surface area contributed by atoms with Gasteiger partial charge >= 0.3 is 0 Å². The molecule has 0 saturated carbocycles. The molecule has 0 amide bonds. The quantitative estimate of drug-likeness (QED) is 0.440. The Morgan fingerprint density at radius 2 is 1.86 bits per heavy atom. The van der Waals surface area contributed by atoms with Crippen LogP contribution in [-0.2, 0) is 0 Å². The summed E-state index contributed by atoms with van der Waals surface area (Å²) < 4.78 is 63.5. The summed E-state index contributed by atoms with van der Waals surface area (Å²) in [6.45, 7) is 1.65. The van der Waals surface area contributed by atoms with E-state index in [1.807, 2.05) is 0 Å². The Balaban J connectivity index is 2.51. The molecular weight excluding hydrogens is 395 g/mol. The first kappa shape index (κ1) is 21.8.